The average molecular weight is 172 g/mol. The fourth-order valence-electron chi connectivity index (χ4n) is 0.925. The van der Waals surface area contributed by atoms with Crippen LogP contribution in [0.2, 0.25) is 5.02 Å². The molecule has 0 saturated carbocycles. The monoisotopic (exact) mass is 171 g/mol. The van der Waals surface area contributed by atoms with E-state index in [0.717, 1.165) is 0 Å². The van der Waals surface area contributed by atoms with Gasteiger partial charge >= 0.3 is 0 Å². The van der Waals surface area contributed by atoms with Crippen LogP contribution in [0.1, 0.15) is 12.0 Å². The van der Waals surface area contributed by atoms with E-state index in [1.807, 2.05) is 0 Å². The maximum atomic E-state index is 12.9. The molecule has 1 rings (SSSR count). The molecular formula is C9H9ClF. The first kappa shape index (κ1) is 8.54. The van der Waals surface area contributed by atoms with Gasteiger partial charge in [-0.3, -0.25) is 0 Å². The summed E-state index contributed by atoms with van der Waals surface area (Å²) >= 11 is 5.67. The fourth-order valence-corrected chi connectivity index (χ4v) is 1.12. The fraction of sp³-hybridized carbons (Fsp3) is 0.222. The molecule has 0 unspecified atom stereocenters. The minimum atomic E-state index is -0.196. The summed E-state index contributed by atoms with van der Waals surface area (Å²) in [6.45, 7) is 3.64. The van der Waals surface area contributed by atoms with Crippen molar-refractivity contribution in [3.8, 4) is 0 Å². The number of hydrogen-bond donors (Lipinski definition) is 0. The van der Waals surface area contributed by atoms with E-state index in [1.165, 1.54) is 6.07 Å². The molecule has 0 bridgehead atoms. The molecule has 0 amide bonds. The standard InChI is InChI=1S/C9H9ClF/c1-2-3-7-6-8(10)4-5-9(7)11/h4-6H,1-3H2. The van der Waals surface area contributed by atoms with Crippen molar-refractivity contribution in [3.05, 3.63) is 41.5 Å². The van der Waals surface area contributed by atoms with E-state index < -0.39 is 0 Å². The van der Waals surface area contributed by atoms with E-state index in [-0.39, 0.29) is 5.82 Å². The van der Waals surface area contributed by atoms with Crippen molar-refractivity contribution in [1.82, 2.24) is 0 Å². The molecule has 0 fully saturated rings. The maximum absolute atomic E-state index is 12.9. The molecular weight excluding hydrogens is 163 g/mol. The molecule has 1 aromatic carbocycles. The quantitative estimate of drug-likeness (QED) is 0.641. The van der Waals surface area contributed by atoms with Gasteiger partial charge in [-0.1, -0.05) is 18.5 Å². The van der Waals surface area contributed by atoms with Crippen molar-refractivity contribution in [3.63, 3.8) is 0 Å². The Labute approximate surface area is 71.0 Å². The number of rotatable bonds is 2. The lowest BCUT2D eigenvalue weighted by atomic mass is 10.1. The van der Waals surface area contributed by atoms with Gasteiger partial charge in [-0.2, -0.15) is 0 Å². The van der Waals surface area contributed by atoms with Gasteiger partial charge in [-0.05, 0) is 36.6 Å². The van der Waals surface area contributed by atoms with Gasteiger partial charge in [0, 0.05) is 5.02 Å². The summed E-state index contributed by atoms with van der Waals surface area (Å²) in [5.74, 6) is -0.196. The topological polar surface area (TPSA) is 0 Å². The van der Waals surface area contributed by atoms with E-state index in [4.69, 9.17) is 11.6 Å². The Hall–Kier alpha value is -0.560. The van der Waals surface area contributed by atoms with Crippen LogP contribution >= 0.6 is 11.6 Å². The van der Waals surface area contributed by atoms with Crippen molar-refractivity contribution in [1.29, 1.82) is 0 Å². The molecule has 0 aliphatic carbocycles. The molecule has 0 atom stereocenters. The summed E-state index contributed by atoms with van der Waals surface area (Å²) in [6, 6.07) is 4.57. The molecule has 0 saturated heterocycles. The van der Waals surface area contributed by atoms with Crippen LogP contribution < -0.4 is 0 Å². The lowest BCUT2D eigenvalue weighted by Crippen LogP contribution is -1.88. The second-order valence-corrected chi connectivity index (χ2v) is 2.78. The van der Waals surface area contributed by atoms with Crippen molar-refractivity contribution >= 4 is 11.6 Å². The lowest BCUT2D eigenvalue weighted by Gasteiger charge is -2.00. The summed E-state index contributed by atoms with van der Waals surface area (Å²) < 4.78 is 12.9. The van der Waals surface area contributed by atoms with Gasteiger partial charge in [0.1, 0.15) is 5.82 Å². The summed E-state index contributed by atoms with van der Waals surface area (Å²) in [6.07, 6.45) is 1.34. The second-order valence-electron chi connectivity index (χ2n) is 2.34. The minimum Gasteiger partial charge on any atom is -0.207 e. The van der Waals surface area contributed by atoms with Crippen molar-refractivity contribution in [2.24, 2.45) is 0 Å². The van der Waals surface area contributed by atoms with Crippen LogP contribution in [0, 0.1) is 12.7 Å². The van der Waals surface area contributed by atoms with Crippen LogP contribution in [-0.2, 0) is 6.42 Å². The Kier molecular flexibility index (Phi) is 2.89. The third-order valence-corrected chi connectivity index (χ3v) is 1.69. The van der Waals surface area contributed by atoms with Crippen LogP contribution in [0.25, 0.3) is 0 Å². The average Bonchev–Trinajstić information content (AvgIpc) is 1.98. The minimum absolute atomic E-state index is 0.196. The molecule has 1 radical (unpaired) electrons. The van der Waals surface area contributed by atoms with Gasteiger partial charge in [0.15, 0.2) is 0 Å². The zero-order valence-corrected chi connectivity index (χ0v) is 6.87. The van der Waals surface area contributed by atoms with Gasteiger partial charge in [0.05, 0.1) is 0 Å². The molecule has 0 spiro atoms. The van der Waals surface area contributed by atoms with E-state index in [1.54, 1.807) is 12.1 Å². The molecule has 0 N–H and O–H groups in total. The van der Waals surface area contributed by atoms with Crippen molar-refractivity contribution in [2.45, 2.75) is 12.8 Å². The highest BCUT2D eigenvalue weighted by atomic mass is 35.5. The zero-order chi connectivity index (χ0) is 8.27. The van der Waals surface area contributed by atoms with Crippen molar-refractivity contribution in [2.75, 3.05) is 0 Å². The molecule has 59 valence electrons. The first-order valence-corrected chi connectivity index (χ1v) is 3.85. The first-order valence-electron chi connectivity index (χ1n) is 3.47. The van der Waals surface area contributed by atoms with E-state index in [0.29, 0.717) is 23.4 Å². The molecule has 2 heteroatoms. The van der Waals surface area contributed by atoms with Crippen LogP contribution in [0.4, 0.5) is 4.39 Å². The Morgan fingerprint density at radius 3 is 2.82 bits per heavy atom. The molecule has 0 heterocycles. The zero-order valence-electron chi connectivity index (χ0n) is 6.11. The molecule has 1 aromatic rings. The Bertz CT molecular complexity index is 245. The van der Waals surface area contributed by atoms with E-state index >= 15 is 0 Å². The summed E-state index contributed by atoms with van der Waals surface area (Å²) in [4.78, 5) is 0. The Morgan fingerprint density at radius 2 is 2.18 bits per heavy atom. The molecule has 0 aliphatic rings. The highest BCUT2D eigenvalue weighted by molar-refractivity contribution is 6.30. The van der Waals surface area contributed by atoms with Crippen LogP contribution in [0.5, 0.6) is 0 Å². The summed E-state index contributed by atoms with van der Waals surface area (Å²) in [5.41, 5.74) is 0.646. The predicted molar refractivity (Wildman–Crippen MR) is 45.1 cm³/mol. The molecule has 0 nitrogen and oxygen atoms in total. The smallest absolute Gasteiger partial charge is 0.126 e. The van der Waals surface area contributed by atoms with Crippen LogP contribution in [-0.4, -0.2) is 0 Å². The van der Waals surface area contributed by atoms with Crippen LogP contribution in [0.15, 0.2) is 18.2 Å². The highest BCUT2D eigenvalue weighted by Gasteiger charge is 2.00. The van der Waals surface area contributed by atoms with Gasteiger partial charge in [-0.25, -0.2) is 4.39 Å². The number of benzene rings is 1. The van der Waals surface area contributed by atoms with Gasteiger partial charge < -0.3 is 0 Å². The third-order valence-electron chi connectivity index (χ3n) is 1.45. The summed E-state index contributed by atoms with van der Waals surface area (Å²) in [5, 5.41) is 0.579. The first-order chi connectivity index (χ1) is 5.24. The second kappa shape index (κ2) is 3.72. The molecule has 0 aliphatic heterocycles. The number of aryl methyl sites for hydroxylation is 1. The number of hydrogen-bond acceptors (Lipinski definition) is 0. The Morgan fingerprint density at radius 1 is 1.45 bits per heavy atom. The van der Waals surface area contributed by atoms with Gasteiger partial charge in [0.25, 0.3) is 0 Å². The highest BCUT2D eigenvalue weighted by Crippen LogP contribution is 2.15. The number of halogens is 2. The van der Waals surface area contributed by atoms with E-state index in [9.17, 15) is 4.39 Å². The normalized spacial score (nSPS) is 10.1. The summed E-state index contributed by atoms with van der Waals surface area (Å²) in [7, 11) is 0. The molecule has 0 aromatic heterocycles. The van der Waals surface area contributed by atoms with Crippen molar-refractivity contribution < 1.29 is 4.39 Å². The van der Waals surface area contributed by atoms with Gasteiger partial charge in [-0.15, -0.1) is 0 Å². The predicted octanol–water partition coefficient (Wildman–Crippen LogP) is 3.25. The largest absolute Gasteiger partial charge is 0.207 e. The van der Waals surface area contributed by atoms with Gasteiger partial charge in [0.2, 0.25) is 0 Å². The third kappa shape index (κ3) is 2.19. The SMILES string of the molecule is [CH2]CCc1cc(Cl)ccc1F. The van der Waals surface area contributed by atoms with E-state index in [2.05, 4.69) is 6.92 Å². The molecule has 11 heavy (non-hydrogen) atoms. The Balaban J connectivity index is 2.93. The maximum Gasteiger partial charge on any atom is 0.126 e. The lowest BCUT2D eigenvalue weighted by molar-refractivity contribution is 0.609. The van der Waals surface area contributed by atoms with Crippen LogP contribution in [0.3, 0.4) is 0 Å².